The van der Waals surface area contributed by atoms with Gasteiger partial charge >= 0.3 is 0 Å². The number of aliphatic hydroxyl groups excluding tert-OH is 3. The fourth-order valence-corrected chi connectivity index (χ4v) is 5.19. The number of benzene rings is 3. The minimum absolute atomic E-state index is 0.250. The van der Waals surface area contributed by atoms with Gasteiger partial charge < -0.3 is 25.5 Å². The third kappa shape index (κ3) is 7.23. The van der Waals surface area contributed by atoms with E-state index in [-0.39, 0.29) is 19.1 Å². The number of carbonyl (C=O) groups excluding carboxylic acids is 1. The second-order valence-corrected chi connectivity index (χ2v) is 10.1. The Labute approximate surface area is 230 Å². The number of rotatable bonds is 12. The number of hydrogen-bond acceptors (Lipinski definition) is 7. The monoisotopic (exact) mass is 533 g/mol. The van der Waals surface area contributed by atoms with Crippen molar-refractivity contribution < 1.29 is 25.0 Å². The van der Waals surface area contributed by atoms with Crippen LogP contribution in [0.3, 0.4) is 0 Å². The number of para-hydroxylation sites is 1. The molecule has 39 heavy (non-hydrogen) atoms. The van der Waals surface area contributed by atoms with Crippen LogP contribution in [-0.2, 0) is 16.2 Å². The lowest BCUT2D eigenvalue weighted by Gasteiger charge is -2.27. The highest BCUT2D eigenvalue weighted by molar-refractivity contribution is 5.82. The van der Waals surface area contributed by atoms with E-state index in [0.717, 1.165) is 35.3 Å². The van der Waals surface area contributed by atoms with E-state index in [1.54, 1.807) is 12.0 Å². The van der Waals surface area contributed by atoms with Gasteiger partial charge in [0.05, 0.1) is 19.3 Å². The molecule has 0 bridgehead atoms. The van der Waals surface area contributed by atoms with Gasteiger partial charge in [-0.05, 0) is 42.2 Å². The molecule has 1 aliphatic rings. The fraction of sp³-hybridized carbons (Fsp3) is 0.387. The molecule has 4 N–H and O–H groups in total. The van der Waals surface area contributed by atoms with Crippen molar-refractivity contribution in [3.8, 4) is 0 Å². The van der Waals surface area contributed by atoms with E-state index in [2.05, 4.69) is 10.2 Å². The van der Waals surface area contributed by atoms with Gasteiger partial charge in [0.15, 0.2) is 0 Å². The van der Waals surface area contributed by atoms with Gasteiger partial charge in [0.2, 0.25) is 5.91 Å². The van der Waals surface area contributed by atoms with Crippen LogP contribution in [0, 0.1) is 5.92 Å². The van der Waals surface area contributed by atoms with Crippen LogP contribution in [0.1, 0.15) is 36.1 Å². The number of amides is 1. The smallest absolute Gasteiger partial charge is 0.240 e. The number of anilines is 1. The topological polar surface area (TPSA) is 105 Å². The molecule has 3 aromatic rings. The Morgan fingerprint density at radius 3 is 2.33 bits per heavy atom. The van der Waals surface area contributed by atoms with Crippen LogP contribution in [0.25, 0.3) is 0 Å². The fourth-order valence-electron chi connectivity index (χ4n) is 5.19. The Kier molecular flexibility index (Phi) is 10.1. The molecule has 1 amide bonds. The van der Waals surface area contributed by atoms with Crippen molar-refractivity contribution in [1.82, 2.24) is 10.4 Å². The van der Waals surface area contributed by atoms with Gasteiger partial charge in [0, 0.05) is 31.7 Å². The molecule has 208 valence electrons. The summed E-state index contributed by atoms with van der Waals surface area (Å²) in [6, 6.07) is 26.2. The van der Waals surface area contributed by atoms with Crippen molar-refractivity contribution in [2.75, 3.05) is 31.6 Å². The van der Waals surface area contributed by atoms with Crippen molar-refractivity contribution in [2.45, 2.75) is 44.2 Å². The van der Waals surface area contributed by atoms with E-state index in [1.807, 2.05) is 92.0 Å². The third-order valence-electron chi connectivity index (χ3n) is 7.27. The SMILES string of the molecule is C[C@@H](O)[C@H]1[C@@H](CO)ON(Cc2cccc([C@@H](O)c3ccccc3)c2)[C@H]1C(=O)NCCCN(C)c1ccccc1. The number of nitrogens with zero attached hydrogens (tertiary/aromatic N) is 2. The molecular formula is C31H39N3O5. The lowest BCUT2D eigenvalue weighted by atomic mass is 9.89. The van der Waals surface area contributed by atoms with E-state index in [1.165, 1.54) is 0 Å². The average molecular weight is 534 g/mol. The van der Waals surface area contributed by atoms with Gasteiger partial charge in [-0.25, -0.2) is 0 Å². The Bertz CT molecular complexity index is 1180. The largest absolute Gasteiger partial charge is 0.394 e. The molecule has 8 heteroatoms. The molecule has 0 aliphatic carbocycles. The van der Waals surface area contributed by atoms with Crippen LogP contribution < -0.4 is 10.2 Å². The zero-order chi connectivity index (χ0) is 27.8. The maximum atomic E-state index is 13.4. The maximum Gasteiger partial charge on any atom is 0.240 e. The average Bonchev–Trinajstić information content (AvgIpc) is 3.34. The molecule has 1 aliphatic heterocycles. The highest BCUT2D eigenvalue weighted by Crippen LogP contribution is 2.32. The zero-order valence-electron chi connectivity index (χ0n) is 22.6. The Hall–Kier alpha value is -3.27. The molecule has 0 aromatic heterocycles. The molecule has 0 radical (unpaired) electrons. The maximum absolute atomic E-state index is 13.4. The number of aliphatic hydroxyl groups is 3. The van der Waals surface area contributed by atoms with Crippen LogP contribution in [0.4, 0.5) is 5.69 Å². The van der Waals surface area contributed by atoms with Crippen molar-refractivity contribution in [1.29, 1.82) is 0 Å². The summed E-state index contributed by atoms with van der Waals surface area (Å²) < 4.78 is 0. The summed E-state index contributed by atoms with van der Waals surface area (Å²) in [5, 5.41) is 35.9. The molecule has 0 unspecified atom stereocenters. The van der Waals surface area contributed by atoms with Gasteiger partial charge in [0.1, 0.15) is 18.2 Å². The molecule has 0 saturated carbocycles. The summed E-state index contributed by atoms with van der Waals surface area (Å²) in [5.41, 5.74) is 3.47. The molecular weight excluding hydrogens is 494 g/mol. The number of carbonyl (C=O) groups is 1. The summed E-state index contributed by atoms with van der Waals surface area (Å²) in [6.07, 6.45) is -1.61. The summed E-state index contributed by atoms with van der Waals surface area (Å²) in [7, 11) is 2.02. The first-order valence-corrected chi connectivity index (χ1v) is 13.5. The summed E-state index contributed by atoms with van der Waals surface area (Å²) in [6.45, 7) is 2.79. The van der Waals surface area contributed by atoms with Crippen LogP contribution in [0.2, 0.25) is 0 Å². The molecule has 0 spiro atoms. The van der Waals surface area contributed by atoms with Crippen LogP contribution in [-0.4, -0.2) is 71.3 Å². The number of hydrogen-bond donors (Lipinski definition) is 4. The number of hydroxylamine groups is 2. The first-order valence-electron chi connectivity index (χ1n) is 13.5. The number of nitrogens with one attached hydrogen (secondary N) is 1. The summed E-state index contributed by atoms with van der Waals surface area (Å²) in [4.78, 5) is 21.6. The molecule has 1 saturated heterocycles. The van der Waals surface area contributed by atoms with E-state index >= 15 is 0 Å². The minimum atomic E-state index is -0.863. The van der Waals surface area contributed by atoms with E-state index < -0.39 is 30.3 Å². The zero-order valence-corrected chi connectivity index (χ0v) is 22.6. The molecule has 5 atom stereocenters. The molecule has 1 fully saturated rings. The van der Waals surface area contributed by atoms with Crippen LogP contribution >= 0.6 is 0 Å². The molecule has 1 heterocycles. The summed E-state index contributed by atoms with van der Waals surface area (Å²) >= 11 is 0. The van der Waals surface area contributed by atoms with Gasteiger partial charge in [-0.15, -0.1) is 0 Å². The minimum Gasteiger partial charge on any atom is -0.394 e. The quantitative estimate of drug-likeness (QED) is 0.265. The Balaban J connectivity index is 1.43. The van der Waals surface area contributed by atoms with Gasteiger partial charge in [0.25, 0.3) is 0 Å². The lowest BCUT2D eigenvalue weighted by Crippen LogP contribution is -2.49. The second-order valence-electron chi connectivity index (χ2n) is 10.1. The predicted octanol–water partition coefficient (Wildman–Crippen LogP) is 2.88. The third-order valence-corrected chi connectivity index (χ3v) is 7.27. The molecule has 3 aromatic carbocycles. The highest BCUT2D eigenvalue weighted by Gasteiger charge is 2.49. The standard InChI is InChI=1S/C31H39N3O5/c1-22(36)28-27(21-35)39-34(20-23-11-9-14-25(19-23)30(37)24-12-5-3-6-13-24)29(28)31(38)32-17-10-18-33(2)26-15-7-4-8-16-26/h3-9,11-16,19,22,27-30,35-37H,10,17-18,20-21H2,1-2H3,(H,32,38)/t22-,27-,28+,29-,30+/m1/s1. The van der Waals surface area contributed by atoms with Gasteiger partial charge in [-0.3, -0.25) is 9.63 Å². The molecule has 8 nitrogen and oxygen atoms in total. The van der Waals surface area contributed by atoms with Gasteiger partial charge in [-0.2, -0.15) is 5.06 Å². The van der Waals surface area contributed by atoms with Crippen molar-refractivity contribution in [3.63, 3.8) is 0 Å². The van der Waals surface area contributed by atoms with Gasteiger partial charge in [-0.1, -0.05) is 72.8 Å². The van der Waals surface area contributed by atoms with Crippen molar-refractivity contribution in [2.24, 2.45) is 5.92 Å². The van der Waals surface area contributed by atoms with Crippen molar-refractivity contribution >= 4 is 11.6 Å². The van der Waals surface area contributed by atoms with Crippen LogP contribution in [0.5, 0.6) is 0 Å². The normalized spacial score (nSPS) is 20.9. The van der Waals surface area contributed by atoms with E-state index in [9.17, 15) is 20.1 Å². The first kappa shape index (κ1) is 28.7. The first-order chi connectivity index (χ1) is 18.9. The predicted molar refractivity (Wildman–Crippen MR) is 151 cm³/mol. The Morgan fingerprint density at radius 1 is 1.00 bits per heavy atom. The highest BCUT2D eigenvalue weighted by atomic mass is 16.7. The van der Waals surface area contributed by atoms with E-state index in [4.69, 9.17) is 4.84 Å². The summed E-state index contributed by atoms with van der Waals surface area (Å²) in [5.74, 6) is -0.847. The Morgan fingerprint density at radius 2 is 1.67 bits per heavy atom. The lowest BCUT2D eigenvalue weighted by molar-refractivity contribution is -0.181. The van der Waals surface area contributed by atoms with E-state index in [0.29, 0.717) is 6.54 Å². The van der Waals surface area contributed by atoms with Crippen LogP contribution in [0.15, 0.2) is 84.9 Å². The van der Waals surface area contributed by atoms with Crippen molar-refractivity contribution in [3.05, 3.63) is 102 Å². The molecule has 4 rings (SSSR count). The second kappa shape index (κ2) is 13.7.